The molecule has 100 valence electrons. The molecule has 2 heterocycles. The summed E-state index contributed by atoms with van der Waals surface area (Å²) in [6.45, 7) is 11.4. The van der Waals surface area contributed by atoms with Crippen LogP contribution >= 0.6 is 0 Å². The van der Waals surface area contributed by atoms with Crippen LogP contribution in [-0.4, -0.2) is 34.3 Å². The normalized spacial score (nSPS) is 30.4. The lowest BCUT2D eigenvalue weighted by Crippen LogP contribution is -2.60. The van der Waals surface area contributed by atoms with Crippen molar-refractivity contribution in [2.24, 2.45) is 0 Å². The standard InChI is InChI=1S/C14H28N2O/c1-13(2)9-8-10-14(3,4)16(13)17-15-11-6-5-7-12-15/h5-12H2,1-4H3. The summed E-state index contributed by atoms with van der Waals surface area (Å²) >= 11 is 0. The van der Waals surface area contributed by atoms with Gasteiger partial charge in [-0.1, -0.05) is 6.42 Å². The Labute approximate surface area is 106 Å². The van der Waals surface area contributed by atoms with Crippen LogP contribution in [0.5, 0.6) is 0 Å². The molecule has 0 aromatic heterocycles. The van der Waals surface area contributed by atoms with Crippen LogP contribution in [0.2, 0.25) is 0 Å². The lowest BCUT2D eigenvalue weighted by molar-refractivity contribution is -0.396. The second-order valence-corrected chi connectivity index (χ2v) is 6.84. The molecule has 0 unspecified atom stereocenters. The van der Waals surface area contributed by atoms with Gasteiger partial charge < -0.3 is 0 Å². The number of hydrogen-bond acceptors (Lipinski definition) is 3. The van der Waals surface area contributed by atoms with Crippen molar-refractivity contribution in [2.75, 3.05) is 13.1 Å². The Hall–Kier alpha value is -0.120. The molecule has 0 aromatic carbocycles. The molecule has 0 atom stereocenters. The number of hydrogen-bond donors (Lipinski definition) is 0. The third kappa shape index (κ3) is 3.01. The average Bonchev–Trinajstić information content (AvgIpc) is 2.25. The van der Waals surface area contributed by atoms with Gasteiger partial charge in [0.05, 0.1) is 0 Å². The summed E-state index contributed by atoms with van der Waals surface area (Å²) in [5.41, 5.74) is 0.304. The van der Waals surface area contributed by atoms with E-state index < -0.39 is 0 Å². The second kappa shape index (κ2) is 4.87. The quantitative estimate of drug-likeness (QED) is 0.736. The van der Waals surface area contributed by atoms with Crippen LogP contribution in [0, 0.1) is 0 Å². The van der Waals surface area contributed by atoms with Gasteiger partial charge in [0.1, 0.15) is 0 Å². The van der Waals surface area contributed by atoms with Gasteiger partial charge in [-0.25, -0.2) is 4.94 Å². The van der Waals surface area contributed by atoms with Gasteiger partial charge in [-0.15, -0.1) is 0 Å². The van der Waals surface area contributed by atoms with Crippen LogP contribution in [0.25, 0.3) is 0 Å². The third-order valence-corrected chi connectivity index (χ3v) is 4.19. The van der Waals surface area contributed by atoms with Crippen molar-refractivity contribution in [3.05, 3.63) is 0 Å². The van der Waals surface area contributed by atoms with Gasteiger partial charge in [-0.3, -0.25) is 0 Å². The van der Waals surface area contributed by atoms with Gasteiger partial charge in [0.15, 0.2) is 0 Å². The van der Waals surface area contributed by atoms with E-state index in [1.54, 1.807) is 0 Å². The highest BCUT2D eigenvalue weighted by molar-refractivity contribution is 4.92. The minimum atomic E-state index is 0.152. The zero-order valence-corrected chi connectivity index (χ0v) is 12.0. The Morgan fingerprint density at radius 2 is 1.29 bits per heavy atom. The maximum Gasteiger partial charge on any atom is 0.0432 e. The van der Waals surface area contributed by atoms with E-state index >= 15 is 0 Å². The molecular weight excluding hydrogens is 212 g/mol. The first-order valence-corrected chi connectivity index (χ1v) is 7.15. The monoisotopic (exact) mass is 240 g/mol. The van der Waals surface area contributed by atoms with E-state index in [0.717, 1.165) is 13.1 Å². The molecule has 2 rings (SSSR count). The molecular formula is C14H28N2O. The molecule has 0 saturated carbocycles. The fourth-order valence-corrected chi connectivity index (χ4v) is 3.26. The van der Waals surface area contributed by atoms with Crippen molar-refractivity contribution in [3.63, 3.8) is 0 Å². The minimum Gasteiger partial charge on any atom is -0.207 e. The Kier molecular flexibility index (Phi) is 3.81. The van der Waals surface area contributed by atoms with Gasteiger partial charge in [-0.2, -0.15) is 10.1 Å². The van der Waals surface area contributed by atoms with Gasteiger partial charge in [-0.05, 0) is 59.8 Å². The maximum atomic E-state index is 6.23. The minimum absolute atomic E-state index is 0.152. The van der Waals surface area contributed by atoms with E-state index in [-0.39, 0.29) is 11.1 Å². The van der Waals surface area contributed by atoms with E-state index in [1.807, 2.05) is 0 Å². The SMILES string of the molecule is CC1(C)CCCC(C)(C)N1ON1CCCCC1. The Bertz CT molecular complexity index is 241. The fourth-order valence-electron chi connectivity index (χ4n) is 3.26. The van der Waals surface area contributed by atoms with Crippen molar-refractivity contribution in [3.8, 4) is 0 Å². The van der Waals surface area contributed by atoms with Crippen molar-refractivity contribution in [1.29, 1.82) is 0 Å². The number of piperidine rings is 2. The molecule has 0 spiro atoms. The molecule has 17 heavy (non-hydrogen) atoms. The highest BCUT2D eigenvalue weighted by Crippen LogP contribution is 2.38. The molecule has 2 aliphatic rings. The highest BCUT2D eigenvalue weighted by atomic mass is 16.8. The van der Waals surface area contributed by atoms with Crippen molar-refractivity contribution < 1.29 is 4.94 Å². The first-order chi connectivity index (χ1) is 7.92. The smallest absolute Gasteiger partial charge is 0.0432 e. The van der Waals surface area contributed by atoms with E-state index in [0.29, 0.717) is 0 Å². The molecule has 2 saturated heterocycles. The van der Waals surface area contributed by atoms with Crippen LogP contribution in [0.15, 0.2) is 0 Å². The first kappa shape index (κ1) is 13.3. The molecule has 2 aliphatic heterocycles. The number of rotatable bonds is 2. The molecule has 0 N–H and O–H groups in total. The molecule has 0 aromatic rings. The van der Waals surface area contributed by atoms with Crippen LogP contribution in [0.1, 0.15) is 66.2 Å². The summed E-state index contributed by atoms with van der Waals surface area (Å²) in [5.74, 6) is 0. The molecule has 0 aliphatic carbocycles. The van der Waals surface area contributed by atoms with E-state index in [2.05, 4.69) is 37.8 Å². The van der Waals surface area contributed by atoms with E-state index in [4.69, 9.17) is 4.94 Å². The Morgan fingerprint density at radius 1 is 0.765 bits per heavy atom. The maximum absolute atomic E-state index is 6.23. The summed E-state index contributed by atoms with van der Waals surface area (Å²) in [5, 5.41) is 4.42. The van der Waals surface area contributed by atoms with Crippen LogP contribution < -0.4 is 0 Å². The fraction of sp³-hybridized carbons (Fsp3) is 1.00. The Morgan fingerprint density at radius 3 is 1.82 bits per heavy atom. The summed E-state index contributed by atoms with van der Waals surface area (Å²) in [7, 11) is 0. The first-order valence-electron chi connectivity index (χ1n) is 7.15. The summed E-state index contributed by atoms with van der Waals surface area (Å²) in [6, 6.07) is 0. The van der Waals surface area contributed by atoms with Crippen molar-refractivity contribution in [1.82, 2.24) is 10.1 Å². The van der Waals surface area contributed by atoms with Gasteiger partial charge in [0, 0.05) is 24.2 Å². The molecule has 0 bridgehead atoms. The van der Waals surface area contributed by atoms with Gasteiger partial charge >= 0.3 is 0 Å². The number of hydroxylamine groups is 4. The lowest BCUT2D eigenvalue weighted by Gasteiger charge is -2.52. The molecule has 3 heteroatoms. The van der Waals surface area contributed by atoms with Gasteiger partial charge in [0.25, 0.3) is 0 Å². The van der Waals surface area contributed by atoms with Crippen molar-refractivity contribution in [2.45, 2.75) is 77.3 Å². The lowest BCUT2D eigenvalue weighted by atomic mass is 9.82. The predicted octanol–water partition coefficient (Wildman–Crippen LogP) is 3.36. The molecule has 2 fully saturated rings. The van der Waals surface area contributed by atoms with Crippen LogP contribution in [0.3, 0.4) is 0 Å². The van der Waals surface area contributed by atoms with Crippen molar-refractivity contribution >= 4 is 0 Å². The van der Waals surface area contributed by atoms with Gasteiger partial charge in [0.2, 0.25) is 0 Å². The van der Waals surface area contributed by atoms with E-state index in [9.17, 15) is 0 Å². The second-order valence-electron chi connectivity index (χ2n) is 6.84. The largest absolute Gasteiger partial charge is 0.207 e. The summed E-state index contributed by atoms with van der Waals surface area (Å²) < 4.78 is 0. The number of nitrogens with zero attached hydrogens (tertiary/aromatic N) is 2. The van der Waals surface area contributed by atoms with Crippen LogP contribution in [-0.2, 0) is 4.94 Å². The molecule has 0 radical (unpaired) electrons. The topological polar surface area (TPSA) is 15.7 Å². The molecule has 0 amide bonds. The third-order valence-electron chi connectivity index (χ3n) is 4.19. The zero-order valence-electron chi connectivity index (χ0n) is 12.0. The summed E-state index contributed by atoms with van der Waals surface area (Å²) in [4.78, 5) is 6.23. The molecule has 3 nitrogen and oxygen atoms in total. The zero-order chi connectivity index (χ0) is 12.5. The highest BCUT2D eigenvalue weighted by Gasteiger charge is 2.43. The Balaban J connectivity index is 2.03. The van der Waals surface area contributed by atoms with Crippen LogP contribution in [0.4, 0.5) is 0 Å². The average molecular weight is 240 g/mol. The predicted molar refractivity (Wildman–Crippen MR) is 70.4 cm³/mol. The van der Waals surface area contributed by atoms with E-state index in [1.165, 1.54) is 38.5 Å². The summed E-state index contributed by atoms with van der Waals surface area (Å²) in [6.07, 6.45) is 7.66.